The molecule has 1 N–H and O–H groups in total. The lowest BCUT2D eigenvalue weighted by Gasteiger charge is -2.44. The molecular formula is C29H38N4O. The number of rotatable bonds is 3. The second kappa shape index (κ2) is 8.43. The molecule has 0 bridgehead atoms. The Morgan fingerprint density at radius 3 is 2.41 bits per heavy atom. The fraction of sp³-hybridized carbons (Fsp3) is 0.517. The third kappa shape index (κ3) is 3.88. The molecule has 0 radical (unpaired) electrons. The topological polar surface area (TPSA) is 63.1 Å². The van der Waals surface area contributed by atoms with Gasteiger partial charge in [-0.3, -0.25) is 9.69 Å². The summed E-state index contributed by atoms with van der Waals surface area (Å²) >= 11 is 0. The third-order valence-corrected chi connectivity index (χ3v) is 7.76. The summed E-state index contributed by atoms with van der Waals surface area (Å²) < 4.78 is 0. The number of allylic oxidation sites excluding steroid dienone is 1. The largest absolute Gasteiger partial charge is 0.369 e. The zero-order chi connectivity index (χ0) is 25.0. The van der Waals surface area contributed by atoms with Crippen LogP contribution < -0.4 is 4.90 Å². The van der Waals surface area contributed by atoms with Crippen LogP contribution in [0.3, 0.4) is 0 Å². The number of aromatic nitrogens is 1. The number of hydrogen-bond donors (Lipinski definition) is 1. The van der Waals surface area contributed by atoms with Gasteiger partial charge in [0.25, 0.3) is 0 Å². The molecule has 0 amide bonds. The van der Waals surface area contributed by atoms with Crippen molar-refractivity contribution in [3.63, 3.8) is 0 Å². The molecule has 180 valence electrons. The van der Waals surface area contributed by atoms with E-state index in [4.69, 9.17) is 0 Å². The molecule has 1 fully saturated rings. The number of nitrogens with zero attached hydrogens (tertiary/aromatic N) is 3. The summed E-state index contributed by atoms with van der Waals surface area (Å²) in [5, 5.41) is 9.25. The van der Waals surface area contributed by atoms with Crippen LogP contribution in [0, 0.1) is 18.3 Å². The van der Waals surface area contributed by atoms with Gasteiger partial charge in [-0.1, -0.05) is 20.8 Å². The van der Waals surface area contributed by atoms with Crippen LogP contribution in [0.25, 0.3) is 6.08 Å². The molecule has 5 heteroatoms. The number of anilines is 1. The Morgan fingerprint density at radius 2 is 1.85 bits per heavy atom. The highest BCUT2D eigenvalue weighted by Gasteiger charge is 2.41. The van der Waals surface area contributed by atoms with Gasteiger partial charge < -0.3 is 9.88 Å². The Bertz CT molecular complexity index is 1210. The van der Waals surface area contributed by atoms with E-state index < -0.39 is 0 Å². The van der Waals surface area contributed by atoms with E-state index in [1.54, 1.807) is 6.92 Å². The molecule has 2 aliphatic rings. The summed E-state index contributed by atoms with van der Waals surface area (Å²) in [7, 11) is 0. The number of ketones is 1. The summed E-state index contributed by atoms with van der Waals surface area (Å²) in [4.78, 5) is 22.3. The highest BCUT2D eigenvalue weighted by Crippen LogP contribution is 2.45. The lowest BCUT2D eigenvalue weighted by Crippen LogP contribution is -2.53. The molecule has 2 heterocycles. The van der Waals surface area contributed by atoms with Crippen LogP contribution in [0.1, 0.15) is 92.5 Å². The quantitative estimate of drug-likeness (QED) is 0.608. The fourth-order valence-electron chi connectivity index (χ4n) is 5.56. The van der Waals surface area contributed by atoms with E-state index in [0.29, 0.717) is 5.57 Å². The average molecular weight is 459 g/mol. The van der Waals surface area contributed by atoms with Gasteiger partial charge in [0.1, 0.15) is 0 Å². The van der Waals surface area contributed by atoms with Gasteiger partial charge >= 0.3 is 0 Å². The van der Waals surface area contributed by atoms with Gasteiger partial charge in [-0.05, 0) is 75.9 Å². The Balaban J connectivity index is 1.79. The van der Waals surface area contributed by atoms with E-state index in [0.717, 1.165) is 66.2 Å². The fourth-order valence-corrected chi connectivity index (χ4v) is 5.56. The van der Waals surface area contributed by atoms with Crippen molar-refractivity contribution >= 4 is 17.5 Å². The highest BCUT2D eigenvalue weighted by atomic mass is 16.1. The number of carbonyl (C=O) groups excluding carboxylic acids is 1. The maximum Gasteiger partial charge on any atom is 0.195 e. The van der Waals surface area contributed by atoms with Crippen molar-refractivity contribution in [1.82, 2.24) is 9.88 Å². The second-order valence-electron chi connectivity index (χ2n) is 11.3. The van der Waals surface area contributed by atoms with E-state index in [-0.39, 0.29) is 16.7 Å². The van der Waals surface area contributed by atoms with Crippen molar-refractivity contribution in [3.8, 4) is 6.07 Å². The maximum atomic E-state index is 13.8. The Kier molecular flexibility index (Phi) is 6.02. The predicted molar refractivity (Wildman–Crippen MR) is 140 cm³/mol. The van der Waals surface area contributed by atoms with Crippen LogP contribution in [0.4, 0.5) is 5.69 Å². The maximum absolute atomic E-state index is 13.8. The van der Waals surface area contributed by atoms with Crippen LogP contribution in [0.15, 0.2) is 17.7 Å². The van der Waals surface area contributed by atoms with E-state index >= 15 is 0 Å². The zero-order valence-corrected chi connectivity index (χ0v) is 22.0. The van der Waals surface area contributed by atoms with Gasteiger partial charge in [0.05, 0.1) is 6.07 Å². The number of aryl methyl sites for hydroxylation is 1. The van der Waals surface area contributed by atoms with E-state index in [9.17, 15) is 10.1 Å². The van der Waals surface area contributed by atoms with Crippen LogP contribution in [0.2, 0.25) is 0 Å². The van der Waals surface area contributed by atoms with Gasteiger partial charge in [0, 0.05) is 70.9 Å². The Labute approximate surface area is 204 Å². The normalized spacial score (nSPS) is 18.5. The summed E-state index contributed by atoms with van der Waals surface area (Å²) in [5.41, 5.74) is 8.37. The first-order chi connectivity index (χ1) is 15.9. The smallest absolute Gasteiger partial charge is 0.195 e. The number of carbonyl (C=O) groups is 1. The molecule has 2 aromatic rings. The molecule has 0 atom stereocenters. The predicted octanol–water partition coefficient (Wildman–Crippen LogP) is 5.60. The molecule has 34 heavy (non-hydrogen) atoms. The first-order valence-corrected chi connectivity index (χ1v) is 12.4. The number of H-pyrrole nitrogens is 1. The molecule has 1 aliphatic heterocycles. The number of hydrogen-bond acceptors (Lipinski definition) is 4. The SMILES string of the molecule is CCc1cc2c(cc1N1CCN(C(C)(C)C)CC1)C(C)(C)c1[nH]c(/C=C(\C)C#N)c(C)c1C2=O. The van der Waals surface area contributed by atoms with Gasteiger partial charge in [-0.15, -0.1) is 0 Å². The van der Waals surface area contributed by atoms with Crippen molar-refractivity contribution in [2.45, 2.75) is 72.8 Å². The molecular weight excluding hydrogens is 420 g/mol. The minimum Gasteiger partial charge on any atom is -0.369 e. The second-order valence-corrected chi connectivity index (χ2v) is 11.3. The number of nitrogens with one attached hydrogen (secondary N) is 1. The molecule has 1 aromatic carbocycles. The van der Waals surface area contributed by atoms with Gasteiger partial charge in [0.2, 0.25) is 0 Å². The molecule has 1 aromatic heterocycles. The lowest BCUT2D eigenvalue weighted by molar-refractivity contribution is 0.103. The first-order valence-electron chi connectivity index (χ1n) is 12.4. The van der Waals surface area contributed by atoms with Gasteiger partial charge in [0.15, 0.2) is 5.78 Å². The van der Waals surface area contributed by atoms with Crippen molar-refractivity contribution in [1.29, 1.82) is 5.26 Å². The molecule has 0 spiro atoms. The van der Waals surface area contributed by atoms with Gasteiger partial charge in [-0.2, -0.15) is 5.26 Å². The lowest BCUT2D eigenvalue weighted by atomic mass is 9.70. The highest BCUT2D eigenvalue weighted by molar-refractivity contribution is 6.14. The van der Waals surface area contributed by atoms with Crippen molar-refractivity contribution in [3.05, 3.63) is 56.9 Å². The van der Waals surface area contributed by atoms with Crippen LogP contribution in [-0.2, 0) is 11.8 Å². The zero-order valence-electron chi connectivity index (χ0n) is 22.0. The molecule has 4 rings (SSSR count). The van der Waals surface area contributed by atoms with Crippen LogP contribution in [0.5, 0.6) is 0 Å². The van der Waals surface area contributed by atoms with E-state index in [2.05, 4.69) is 74.5 Å². The molecule has 5 nitrogen and oxygen atoms in total. The number of aromatic amines is 1. The standard InChI is InChI=1S/C29H38N4O/c1-9-20-15-21-22(16-24(20)32-10-12-33(13-11-32)28(4,5)6)29(7,8)27-25(26(21)34)19(3)23(31-27)14-18(2)17-30/h14-16,31H,9-13H2,1-8H3/b18-14+. The number of piperazine rings is 1. The molecule has 1 saturated heterocycles. The first kappa shape index (κ1) is 24.3. The summed E-state index contributed by atoms with van der Waals surface area (Å²) in [5.74, 6) is 0.0890. The van der Waals surface area contributed by atoms with E-state index in [1.807, 2.05) is 13.0 Å². The van der Waals surface area contributed by atoms with Crippen molar-refractivity contribution < 1.29 is 4.79 Å². The summed E-state index contributed by atoms with van der Waals surface area (Å²) in [6, 6.07) is 6.62. The summed E-state index contributed by atoms with van der Waals surface area (Å²) in [6.07, 6.45) is 2.74. The monoisotopic (exact) mass is 458 g/mol. The van der Waals surface area contributed by atoms with E-state index in [1.165, 1.54) is 11.3 Å². The third-order valence-electron chi connectivity index (χ3n) is 7.76. The van der Waals surface area contributed by atoms with Crippen LogP contribution >= 0.6 is 0 Å². The average Bonchev–Trinajstić information content (AvgIpc) is 3.13. The number of fused-ring (bicyclic) bond motifs is 2. The molecule has 0 saturated carbocycles. The number of benzene rings is 1. The molecule has 0 unspecified atom stereocenters. The minimum atomic E-state index is -0.343. The summed E-state index contributed by atoms with van der Waals surface area (Å²) in [6.45, 7) is 21.3. The number of nitriles is 1. The van der Waals surface area contributed by atoms with Crippen LogP contribution in [-0.4, -0.2) is 47.4 Å². The van der Waals surface area contributed by atoms with Gasteiger partial charge in [-0.25, -0.2) is 0 Å². The molecule has 1 aliphatic carbocycles. The van der Waals surface area contributed by atoms with Crippen molar-refractivity contribution in [2.75, 3.05) is 31.1 Å². The van der Waals surface area contributed by atoms with Crippen molar-refractivity contribution in [2.24, 2.45) is 0 Å². The Morgan fingerprint density at radius 1 is 1.21 bits per heavy atom. The Hall–Kier alpha value is -2.84. The minimum absolute atomic E-state index is 0.0890.